The summed E-state index contributed by atoms with van der Waals surface area (Å²) in [4.78, 5) is 0. The number of nitrogens with one attached hydrogen (secondary N) is 1. The highest BCUT2D eigenvalue weighted by molar-refractivity contribution is 5.96. The molecule has 1 unspecified atom stereocenters. The van der Waals surface area contributed by atoms with E-state index in [0.717, 1.165) is 5.56 Å². The first kappa shape index (κ1) is 17.2. The zero-order valence-corrected chi connectivity index (χ0v) is 13.9. The lowest BCUT2D eigenvalue weighted by molar-refractivity contribution is 0.383. The lowest BCUT2D eigenvalue weighted by Gasteiger charge is -2.28. The minimum atomic E-state index is -0.749. The summed E-state index contributed by atoms with van der Waals surface area (Å²) in [6.45, 7) is 0. The van der Waals surface area contributed by atoms with Crippen molar-refractivity contribution in [2.24, 2.45) is 11.5 Å². The van der Waals surface area contributed by atoms with Crippen LogP contribution in [0.4, 0.5) is 4.39 Å². The Morgan fingerprint density at radius 2 is 1.92 bits per heavy atom. The number of nitrogens with zero attached hydrogens (tertiary/aromatic N) is 1. The molecule has 0 saturated carbocycles. The second-order valence-electron chi connectivity index (χ2n) is 5.91. The molecule has 1 aliphatic rings. The SMILES string of the molecule is N#CC1=C(N)OC(=N)C(=C(N)Cc2ccccc2)C1c1cccc(F)c1. The van der Waals surface area contributed by atoms with Crippen LogP contribution in [0, 0.1) is 22.6 Å². The van der Waals surface area contributed by atoms with Crippen LogP contribution in [0.3, 0.4) is 0 Å². The Kier molecular flexibility index (Phi) is 4.72. The summed E-state index contributed by atoms with van der Waals surface area (Å²) in [5.74, 6) is -1.59. The second-order valence-corrected chi connectivity index (χ2v) is 5.91. The van der Waals surface area contributed by atoms with Gasteiger partial charge in [0.1, 0.15) is 17.5 Å². The third-order valence-corrected chi connectivity index (χ3v) is 4.19. The van der Waals surface area contributed by atoms with Crippen molar-refractivity contribution in [1.82, 2.24) is 0 Å². The van der Waals surface area contributed by atoms with Crippen LogP contribution in [0.25, 0.3) is 0 Å². The molecule has 0 radical (unpaired) electrons. The van der Waals surface area contributed by atoms with Crippen molar-refractivity contribution in [3.05, 3.63) is 94.3 Å². The Morgan fingerprint density at radius 3 is 2.58 bits per heavy atom. The molecule has 0 fully saturated rings. The summed E-state index contributed by atoms with van der Waals surface area (Å²) in [7, 11) is 0. The van der Waals surface area contributed by atoms with Gasteiger partial charge in [-0.3, -0.25) is 5.41 Å². The molecule has 2 aromatic rings. The maximum atomic E-state index is 13.8. The number of hydrogen-bond donors (Lipinski definition) is 3. The molecule has 1 heterocycles. The van der Waals surface area contributed by atoms with Gasteiger partial charge in [-0.25, -0.2) is 4.39 Å². The lowest BCUT2D eigenvalue weighted by Crippen LogP contribution is -2.29. The van der Waals surface area contributed by atoms with Crippen molar-refractivity contribution in [2.75, 3.05) is 0 Å². The number of benzene rings is 2. The van der Waals surface area contributed by atoms with E-state index in [1.54, 1.807) is 12.1 Å². The van der Waals surface area contributed by atoms with Gasteiger partial charge < -0.3 is 16.2 Å². The molecule has 130 valence electrons. The van der Waals surface area contributed by atoms with Gasteiger partial charge in [0, 0.05) is 17.7 Å². The molecular weight excluding hydrogens is 331 g/mol. The molecule has 26 heavy (non-hydrogen) atoms. The summed E-state index contributed by atoms with van der Waals surface area (Å²) in [6, 6.07) is 17.3. The molecule has 1 atom stereocenters. The van der Waals surface area contributed by atoms with Crippen molar-refractivity contribution in [2.45, 2.75) is 12.3 Å². The van der Waals surface area contributed by atoms with E-state index in [1.165, 1.54) is 12.1 Å². The molecule has 2 aromatic carbocycles. The van der Waals surface area contributed by atoms with Crippen LogP contribution in [0.15, 0.2) is 77.3 Å². The minimum Gasteiger partial charge on any atom is -0.422 e. The fraction of sp³-hybridized carbons (Fsp3) is 0.100. The summed E-state index contributed by atoms with van der Waals surface area (Å²) < 4.78 is 19.0. The van der Waals surface area contributed by atoms with Crippen LogP contribution in [0.5, 0.6) is 0 Å². The van der Waals surface area contributed by atoms with Crippen LogP contribution < -0.4 is 11.5 Å². The average Bonchev–Trinajstić information content (AvgIpc) is 2.61. The van der Waals surface area contributed by atoms with E-state index in [9.17, 15) is 9.65 Å². The molecular formula is C20H17FN4O. The van der Waals surface area contributed by atoms with Gasteiger partial charge >= 0.3 is 0 Å². The minimum absolute atomic E-state index is 0.109. The van der Waals surface area contributed by atoms with Crippen molar-refractivity contribution in [3.8, 4) is 6.07 Å². The highest BCUT2D eigenvalue weighted by atomic mass is 19.1. The Balaban J connectivity index is 2.15. The van der Waals surface area contributed by atoms with Crippen LogP contribution in [0.2, 0.25) is 0 Å². The van der Waals surface area contributed by atoms with Crippen LogP contribution in [-0.2, 0) is 11.2 Å². The molecule has 0 spiro atoms. The Hall–Kier alpha value is -3.59. The van der Waals surface area contributed by atoms with Gasteiger partial charge in [-0.1, -0.05) is 42.5 Å². The van der Waals surface area contributed by atoms with Crippen LogP contribution in [-0.4, -0.2) is 5.90 Å². The number of nitriles is 1. The topological polar surface area (TPSA) is 109 Å². The van der Waals surface area contributed by atoms with Crippen molar-refractivity contribution in [1.29, 1.82) is 10.7 Å². The smallest absolute Gasteiger partial charge is 0.219 e. The molecule has 0 saturated heterocycles. The molecule has 0 aromatic heterocycles. The van der Waals surface area contributed by atoms with Gasteiger partial charge in [0.25, 0.3) is 0 Å². The van der Waals surface area contributed by atoms with Gasteiger partial charge in [-0.15, -0.1) is 0 Å². The number of halogens is 1. The summed E-state index contributed by atoms with van der Waals surface area (Å²) >= 11 is 0. The number of rotatable bonds is 3. The van der Waals surface area contributed by atoms with Crippen molar-refractivity contribution in [3.63, 3.8) is 0 Å². The summed E-state index contributed by atoms with van der Waals surface area (Å²) in [6.07, 6.45) is 0.367. The van der Waals surface area contributed by atoms with E-state index < -0.39 is 11.7 Å². The Morgan fingerprint density at radius 1 is 1.19 bits per heavy atom. The summed E-state index contributed by atoms with van der Waals surface area (Å²) in [5.41, 5.74) is 14.3. The van der Waals surface area contributed by atoms with Gasteiger partial charge in [-0.2, -0.15) is 5.26 Å². The van der Waals surface area contributed by atoms with E-state index in [2.05, 4.69) is 0 Å². The number of nitrogens with two attached hydrogens (primary N) is 2. The normalized spacial score (nSPS) is 18.9. The van der Waals surface area contributed by atoms with E-state index in [1.807, 2.05) is 36.4 Å². The molecule has 5 N–H and O–H groups in total. The van der Waals surface area contributed by atoms with Gasteiger partial charge in [-0.05, 0) is 23.3 Å². The van der Waals surface area contributed by atoms with Gasteiger partial charge in [0.2, 0.25) is 11.8 Å². The molecule has 0 bridgehead atoms. The zero-order chi connectivity index (χ0) is 18.7. The first-order valence-corrected chi connectivity index (χ1v) is 7.95. The van der Waals surface area contributed by atoms with Crippen LogP contribution in [0.1, 0.15) is 17.0 Å². The van der Waals surface area contributed by atoms with Crippen molar-refractivity contribution >= 4 is 5.90 Å². The predicted molar refractivity (Wildman–Crippen MR) is 96.1 cm³/mol. The van der Waals surface area contributed by atoms with E-state index >= 15 is 0 Å². The lowest BCUT2D eigenvalue weighted by atomic mass is 9.81. The fourth-order valence-corrected chi connectivity index (χ4v) is 3.02. The number of hydrogen-bond acceptors (Lipinski definition) is 5. The molecule has 5 nitrogen and oxygen atoms in total. The maximum absolute atomic E-state index is 13.8. The van der Waals surface area contributed by atoms with Crippen molar-refractivity contribution < 1.29 is 9.13 Å². The van der Waals surface area contributed by atoms with E-state index in [-0.39, 0.29) is 17.4 Å². The monoisotopic (exact) mass is 348 g/mol. The Bertz CT molecular complexity index is 957. The molecule has 1 aliphatic heterocycles. The molecule has 3 rings (SSSR count). The third-order valence-electron chi connectivity index (χ3n) is 4.19. The Labute approximate surface area is 150 Å². The predicted octanol–water partition coefficient (Wildman–Crippen LogP) is 3.07. The highest BCUT2D eigenvalue weighted by Crippen LogP contribution is 2.38. The maximum Gasteiger partial charge on any atom is 0.219 e. The largest absolute Gasteiger partial charge is 0.422 e. The van der Waals surface area contributed by atoms with Gasteiger partial charge in [0.15, 0.2) is 0 Å². The third kappa shape index (κ3) is 3.28. The number of ether oxygens (including phenoxy) is 1. The summed E-state index contributed by atoms with van der Waals surface area (Å²) in [5, 5.41) is 17.7. The second kappa shape index (κ2) is 7.11. The fourth-order valence-electron chi connectivity index (χ4n) is 3.02. The molecule has 0 amide bonds. The zero-order valence-electron chi connectivity index (χ0n) is 13.9. The first-order chi connectivity index (χ1) is 12.5. The quantitative estimate of drug-likeness (QED) is 0.792. The molecule has 0 aliphatic carbocycles. The standard InChI is InChI=1S/C20H17FN4O/c21-14-8-4-7-13(10-14)17-15(11-22)19(24)26-20(25)18(17)16(23)9-12-5-2-1-3-6-12/h1-8,10,17,25H,9,23-24H2. The highest BCUT2D eigenvalue weighted by Gasteiger charge is 2.35. The van der Waals surface area contributed by atoms with Crippen LogP contribution >= 0.6 is 0 Å². The van der Waals surface area contributed by atoms with E-state index in [4.69, 9.17) is 21.6 Å². The number of allylic oxidation sites excluding steroid dienone is 2. The first-order valence-electron chi connectivity index (χ1n) is 7.95. The van der Waals surface area contributed by atoms with Gasteiger partial charge in [0.05, 0.1) is 5.92 Å². The molecule has 6 heteroatoms. The average molecular weight is 348 g/mol. The van der Waals surface area contributed by atoms with E-state index in [0.29, 0.717) is 23.3 Å².